The van der Waals surface area contributed by atoms with Crippen LogP contribution in [-0.2, 0) is 11.3 Å². The van der Waals surface area contributed by atoms with E-state index in [9.17, 15) is 0 Å². The Balaban J connectivity index is 1.32. The molecule has 0 atom stereocenters. The smallest absolute Gasteiger partial charge is 0.0721 e. The lowest BCUT2D eigenvalue weighted by molar-refractivity contribution is 0.148. The van der Waals surface area contributed by atoms with E-state index in [-0.39, 0.29) is 0 Å². The first-order valence-corrected chi connectivity index (χ1v) is 12.7. The van der Waals surface area contributed by atoms with Crippen LogP contribution in [0.3, 0.4) is 0 Å². The number of rotatable bonds is 10. The van der Waals surface area contributed by atoms with Crippen LogP contribution in [0.1, 0.15) is 102 Å². The van der Waals surface area contributed by atoms with Crippen molar-refractivity contribution in [1.29, 1.82) is 0 Å². The van der Waals surface area contributed by atoms with Gasteiger partial charge >= 0.3 is 0 Å². The zero-order chi connectivity index (χ0) is 21.0. The first kappa shape index (κ1) is 23.3. The van der Waals surface area contributed by atoms with Gasteiger partial charge in [0.25, 0.3) is 0 Å². The van der Waals surface area contributed by atoms with E-state index in [0.29, 0.717) is 13.2 Å². The van der Waals surface area contributed by atoms with Gasteiger partial charge in [-0.15, -0.1) is 0 Å². The van der Waals surface area contributed by atoms with Crippen LogP contribution in [0, 0.1) is 17.8 Å². The van der Waals surface area contributed by atoms with Gasteiger partial charge in [0.15, 0.2) is 0 Å². The molecule has 0 amide bonds. The van der Waals surface area contributed by atoms with Crippen molar-refractivity contribution in [2.24, 2.45) is 17.8 Å². The quantitative estimate of drug-likeness (QED) is 0.278. The first-order chi connectivity index (χ1) is 14.8. The second-order valence-corrected chi connectivity index (χ2v) is 9.81. The molecule has 2 aliphatic rings. The lowest BCUT2D eigenvalue weighted by atomic mass is 9.74. The molecule has 2 aliphatic carbocycles. The first-order valence-electron chi connectivity index (χ1n) is 12.7. The molecule has 0 aliphatic heterocycles. The van der Waals surface area contributed by atoms with Gasteiger partial charge in [-0.1, -0.05) is 74.3 Å². The van der Waals surface area contributed by atoms with Crippen LogP contribution >= 0.6 is 0 Å². The summed E-state index contributed by atoms with van der Waals surface area (Å²) in [6.07, 6.45) is 24.6. The highest BCUT2D eigenvalue weighted by atomic mass is 16.5. The van der Waals surface area contributed by atoms with Crippen LogP contribution in [-0.4, -0.2) is 6.61 Å². The fraction of sp³-hybridized carbons (Fsp3) is 0.655. The third-order valence-corrected chi connectivity index (χ3v) is 7.67. The largest absolute Gasteiger partial charge is 0.373 e. The summed E-state index contributed by atoms with van der Waals surface area (Å²) in [6.45, 7) is 5.61. The standard InChI is InChI=1S/C29H44O/c1-3-5-7-24-8-10-25(11-9-24)12-13-26-14-18-28(19-15-26)29-20-16-27(17-21-29)23-30-22-6-4-2/h3-6,16-17,20-21,24-26,28H,7-15,18-19,22-23H2,1-2H3/b5-3+,6-4+. The Bertz CT molecular complexity index is 625. The van der Waals surface area contributed by atoms with Crippen molar-refractivity contribution >= 4 is 0 Å². The third kappa shape index (κ3) is 7.73. The molecule has 0 spiro atoms. The van der Waals surface area contributed by atoms with E-state index in [4.69, 9.17) is 4.74 Å². The summed E-state index contributed by atoms with van der Waals surface area (Å²) >= 11 is 0. The van der Waals surface area contributed by atoms with Gasteiger partial charge in [-0.2, -0.15) is 0 Å². The Labute approximate surface area is 186 Å². The summed E-state index contributed by atoms with van der Waals surface area (Å²) in [7, 11) is 0. The maximum Gasteiger partial charge on any atom is 0.0721 e. The van der Waals surface area contributed by atoms with Gasteiger partial charge in [0.1, 0.15) is 0 Å². The van der Waals surface area contributed by atoms with Crippen LogP contribution in [0.4, 0.5) is 0 Å². The van der Waals surface area contributed by atoms with Crippen molar-refractivity contribution in [2.45, 2.75) is 97.0 Å². The Hall–Kier alpha value is -1.34. The Morgan fingerprint density at radius 3 is 1.90 bits per heavy atom. The van der Waals surface area contributed by atoms with Crippen molar-refractivity contribution in [1.82, 2.24) is 0 Å². The molecule has 0 saturated heterocycles. The topological polar surface area (TPSA) is 9.23 Å². The van der Waals surface area contributed by atoms with Gasteiger partial charge < -0.3 is 4.74 Å². The van der Waals surface area contributed by atoms with E-state index in [0.717, 1.165) is 23.7 Å². The molecule has 30 heavy (non-hydrogen) atoms. The van der Waals surface area contributed by atoms with Crippen LogP contribution in [0.25, 0.3) is 0 Å². The zero-order valence-corrected chi connectivity index (χ0v) is 19.5. The van der Waals surface area contributed by atoms with Gasteiger partial charge in [0.2, 0.25) is 0 Å². The molecule has 1 nitrogen and oxygen atoms in total. The molecule has 0 N–H and O–H groups in total. The van der Waals surface area contributed by atoms with Crippen molar-refractivity contribution < 1.29 is 4.74 Å². The summed E-state index contributed by atoms with van der Waals surface area (Å²) < 4.78 is 5.67. The molecule has 2 fully saturated rings. The summed E-state index contributed by atoms with van der Waals surface area (Å²) in [6, 6.07) is 9.24. The fourth-order valence-corrected chi connectivity index (χ4v) is 5.57. The van der Waals surface area contributed by atoms with Gasteiger partial charge in [-0.05, 0) is 93.6 Å². The predicted molar refractivity (Wildman–Crippen MR) is 130 cm³/mol. The lowest BCUT2D eigenvalue weighted by Crippen LogP contribution is -2.17. The van der Waals surface area contributed by atoms with Gasteiger partial charge in [-0.25, -0.2) is 0 Å². The number of benzene rings is 1. The van der Waals surface area contributed by atoms with Crippen molar-refractivity contribution in [3.8, 4) is 0 Å². The molecule has 0 radical (unpaired) electrons. The minimum atomic E-state index is 0.708. The predicted octanol–water partition coefficient (Wildman–Crippen LogP) is 8.61. The van der Waals surface area contributed by atoms with Crippen LogP contribution in [0.5, 0.6) is 0 Å². The van der Waals surface area contributed by atoms with Gasteiger partial charge in [0.05, 0.1) is 13.2 Å². The molecule has 0 heterocycles. The van der Waals surface area contributed by atoms with Crippen molar-refractivity contribution in [3.63, 3.8) is 0 Å². The zero-order valence-electron chi connectivity index (χ0n) is 19.5. The minimum Gasteiger partial charge on any atom is -0.373 e. The van der Waals surface area contributed by atoms with Crippen LogP contribution in [0.15, 0.2) is 48.6 Å². The highest BCUT2D eigenvalue weighted by Crippen LogP contribution is 2.40. The monoisotopic (exact) mass is 408 g/mol. The summed E-state index contributed by atoms with van der Waals surface area (Å²) in [5.74, 6) is 3.76. The fourth-order valence-electron chi connectivity index (χ4n) is 5.57. The molecular weight excluding hydrogens is 364 g/mol. The molecule has 0 bridgehead atoms. The average molecular weight is 409 g/mol. The van der Waals surface area contributed by atoms with E-state index < -0.39 is 0 Å². The number of allylic oxidation sites excluding steroid dienone is 3. The number of ether oxygens (including phenoxy) is 1. The molecule has 0 aromatic heterocycles. The van der Waals surface area contributed by atoms with E-state index in [1.807, 2.05) is 13.0 Å². The average Bonchev–Trinajstić information content (AvgIpc) is 2.81. The summed E-state index contributed by atoms with van der Waals surface area (Å²) in [5.41, 5.74) is 2.84. The molecule has 1 aromatic rings. The van der Waals surface area contributed by atoms with Gasteiger partial charge in [0, 0.05) is 0 Å². The number of hydrogen-bond donors (Lipinski definition) is 0. The second-order valence-electron chi connectivity index (χ2n) is 9.81. The maximum absolute atomic E-state index is 5.67. The van der Waals surface area contributed by atoms with Crippen molar-refractivity contribution in [2.75, 3.05) is 6.61 Å². The summed E-state index contributed by atoms with van der Waals surface area (Å²) in [5, 5.41) is 0. The molecule has 3 rings (SSSR count). The molecule has 0 unspecified atom stereocenters. The van der Waals surface area contributed by atoms with E-state index in [2.05, 4.69) is 49.4 Å². The molecule has 1 aromatic carbocycles. The molecule has 1 heteroatoms. The molecular formula is C29H44O. The van der Waals surface area contributed by atoms with E-state index >= 15 is 0 Å². The van der Waals surface area contributed by atoms with Crippen molar-refractivity contribution in [3.05, 3.63) is 59.7 Å². The second kappa shape index (κ2) is 13.2. The molecule has 2 saturated carbocycles. The number of hydrogen-bond acceptors (Lipinski definition) is 1. The Morgan fingerprint density at radius 2 is 1.30 bits per heavy atom. The Morgan fingerprint density at radius 1 is 0.733 bits per heavy atom. The normalized spacial score (nSPS) is 27.8. The van der Waals surface area contributed by atoms with Crippen LogP contribution < -0.4 is 0 Å². The maximum atomic E-state index is 5.67. The summed E-state index contributed by atoms with van der Waals surface area (Å²) in [4.78, 5) is 0. The highest BCUT2D eigenvalue weighted by molar-refractivity contribution is 5.25. The Kier molecular flexibility index (Phi) is 10.2. The SMILES string of the molecule is C/C=C/COCc1ccc(C2CCC(CCC3CCC(C/C=C/C)CC3)CC2)cc1. The minimum absolute atomic E-state index is 0.708. The van der Waals surface area contributed by atoms with E-state index in [1.54, 1.807) is 5.56 Å². The van der Waals surface area contributed by atoms with Crippen LogP contribution in [0.2, 0.25) is 0 Å². The van der Waals surface area contributed by atoms with E-state index in [1.165, 1.54) is 76.2 Å². The molecule has 166 valence electrons. The van der Waals surface area contributed by atoms with Gasteiger partial charge in [-0.3, -0.25) is 0 Å². The lowest BCUT2D eigenvalue weighted by Gasteiger charge is -2.32. The third-order valence-electron chi connectivity index (χ3n) is 7.67. The highest BCUT2D eigenvalue weighted by Gasteiger charge is 2.25.